The smallest absolute Gasteiger partial charge is 0.223 e. The van der Waals surface area contributed by atoms with E-state index < -0.39 is 6.10 Å². The Hall–Kier alpha value is -3.44. The molecule has 0 aliphatic heterocycles. The number of nitrogens with one attached hydrogen (secondary N) is 1. The highest BCUT2D eigenvalue weighted by atomic mass is 16.3. The Morgan fingerprint density at radius 1 is 1.32 bits per heavy atom. The van der Waals surface area contributed by atoms with Crippen LogP contribution in [0.25, 0.3) is 22.5 Å². The van der Waals surface area contributed by atoms with E-state index >= 15 is 0 Å². The summed E-state index contributed by atoms with van der Waals surface area (Å²) in [4.78, 5) is 8.71. The second-order valence-corrected chi connectivity index (χ2v) is 6.62. The molecule has 0 amide bonds. The molecule has 0 saturated heterocycles. The fourth-order valence-corrected chi connectivity index (χ4v) is 2.83. The van der Waals surface area contributed by atoms with Crippen molar-refractivity contribution in [1.29, 1.82) is 5.26 Å². The van der Waals surface area contributed by atoms with Crippen molar-refractivity contribution in [1.82, 2.24) is 19.7 Å². The van der Waals surface area contributed by atoms with E-state index in [9.17, 15) is 10.2 Å². The molecule has 1 aromatic carbocycles. The van der Waals surface area contributed by atoms with Gasteiger partial charge in [0.2, 0.25) is 5.95 Å². The fourth-order valence-electron chi connectivity index (χ4n) is 2.83. The number of nitrogens with zero attached hydrogens (tertiary/aromatic N) is 5. The van der Waals surface area contributed by atoms with Gasteiger partial charge in [0, 0.05) is 30.1 Å². The zero-order chi connectivity index (χ0) is 20.1. The minimum Gasteiger partial charge on any atom is -0.508 e. The van der Waals surface area contributed by atoms with Gasteiger partial charge in [0.05, 0.1) is 30.8 Å². The molecule has 28 heavy (non-hydrogen) atoms. The predicted molar refractivity (Wildman–Crippen MR) is 105 cm³/mol. The number of aryl methyl sites for hydroxylation is 2. The summed E-state index contributed by atoms with van der Waals surface area (Å²) in [6.07, 6.45) is 3.29. The van der Waals surface area contributed by atoms with Crippen molar-refractivity contribution in [2.45, 2.75) is 32.9 Å². The maximum atomic E-state index is 9.99. The van der Waals surface area contributed by atoms with Gasteiger partial charge < -0.3 is 15.5 Å². The first-order chi connectivity index (χ1) is 13.5. The molecule has 144 valence electrons. The Morgan fingerprint density at radius 2 is 2.14 bits per heavy atom. The summed E-state index contributed by atoms with van der Waals surface area (Å²) in [6.45, 7) is 4.37. The van der Waals surface area contributed by atoms with Gasteiger partial charge in [-0.15, -0.1) is 0 Å². The summed E-state index contributed by atoms with van der Waals surface area (Å²) in [5.41, 5.74) is 3.76. The van der Waals surface area contributed by atoms with E-state index in [1.807, 2.05) is 19.2 Å². The van der Waals surface area contributed by atoms with E-state index in [4.69, 9.17) is 5.26 Å². The molecule has 0 bridgehead atoms. The first-order valence-electron chi connectivity index (χ1n) is 8.97. The lowest BCUT2D eigenvalue weighted by atomic mass is 10.0. The highest BCUT2D eigenvalue weighted by molar-refractivity contribution is 5.79. The Balaban J connectivity index is 2.05. The lowest BCUT2D eigenvalue weighted by Gasteiger charge is -2.08. The van der Waals surface area contributed by atoms with Gasteiger partial charge in [0.15, 0.2) is 0 Å². The maximum Gasteiger partial charge on any atom is 0.223 e. The fraction of sp³-hybridized carbons (Fsp3) is 0.300. The van der Waals surface area contributed by atoms with E-state index in [0.717, 1.165) is 16.7 Å². The molecule has 3 rings (SSSR count). The van der Waals surface area contributed by atoms with Crippen molar-refractivity contribution in [2.24, 2.45) is 0 Å². The molecular formula is C20H22N6O2. The molecule has 0 unspecified atom stereocenters. The monoisotopic (exact) mass is 378 g/mol. The van der Waals surface area contributed by atoms with Crippen LogP contribution in [0.5, 0.6) is 5.75 Å². The summed E-state index contributed by atoms with van der Waals surface area (Å²) >= 11 is 0. The normalized spacial score (nSPS) is 11.8. The lowest BCUT2D eigenvalue weighted by Crippen LogP contribution is -2.16. The number of hydrogen-bond acceptors (Lipinski definition) is 7. The van der Waals surface area contributed by atoms with Crippen LogP contribution in [0, 0.1) is 18.3 Å². The summed E-state index contributed by atoms with van der Waals surface area (Å²) < 4.78 is 1.71. The molecule has 0 radical (unpaired) electrons. The van der Waals surface area contributed by atoms with Gasteiger partial charge in [-0.1, -0.05) is 0 Å². The lowest BCUT2D eigenvalue weighted by molar-refractivity contribution is 0.208. The van der Waals surface area contributed by atoms with Gasteiger partial charge in [0.25, 0.3) is 0 Å². The Morgan fingerprint density at radius 3 is 2.86 bits per heavy atom. The summed E-state index contributed by atoms with van der Waals surface area (Å²) in [5.74, 6) is 0.565. The number of aliphatic hydroxyl groups is 1. The van der Waals surface area contributed by atoms with Crippen LogP contribution in [0.4, 0.5) is 5.95 Å². The first-order valence-corrected chi connectivity index (χ1v) is 8.97. The maximum absolute atomic E-state index is 9.99. The highest BCUT2D eigenvalue weighted by Gasteiger charge is 2.16. The number of aromatic nitrogens is 4. The minimum absolute atomic E-state index is 0.162. The molecular weight excluding hydrogens is 356 g/mol. The Bertz CT molecular complexity index is 986. The van der Waals surface area contributed by atoms with Crippen LogP contribution in [-0.2, 0) is 6.54 Å². The van der Waals surface area contributed by atoms with Gasteiger partial charge in [-0.2, -0.15) is 10.4 Å². The second kappa shape index (κ2) is 8.50. The molecule has 0 saturated carbocycles. The quantitative estimate of drug-likeness (QED) is 0.578. The molecule has 8 heteroatoms. The third-order valence-corrected chi connectivity index (χ3v) is 4.04. The van der Waals surface area contributed by atoms with Crippen LogP contribution in [0.2, 0.25) is 0 Å². The van der Waals surface area contributed by atoms with Crippen LogP contribution in [0.3, 0.4) is 0 Å². The minimum atomic E-state index is -0.521. The van der Waals surface area contributed by atoms with Crippen LogP contribution < -0.4 is 5.32 Å². The van der Waals surface area contributed by atoms with Gasteiger partial charge >= 0.3 is 0 Å². The zero-order valence-corrected chi connectivity index (χ0v) is 15.8. The summed E-state index contributed by atoms with van der Waals surface area (Å²) in [6, 6.07) is 9.17. The van der Waals surface area contributed by atoms with Crippen molar-refractivity contribution in [3.8, 4) is 34.3 Å². The van der Waals surface area contributed by atoms with E-state index in [1.165, 1.54) is 0 Å². The Labute approximate surface area is 163 Å². The standard InChI is InChI=1S/C20H22N6O2/c1-13-8-15(10-16(28)9-13)19-17(12-26(25-19)7-3-5-21)18-4-6-22-20(24-18)23-11-14(2)27/h4,6,8-10,12,14,27-28H,3,7,11H2,1-2H3,(H,22,23,24)/t14-/m1/s1. The van der Waals surface area contributed by atoms with Crippen molar-refractivity contribution in [3.05, 3.63) is 42.2 Å². The summed E-state index contributed by atoms with van der Waals surface area (Å²) in [5, 5.41) is 35.9. The summed E-state index contributed by atoms with van der Waals surface area (Å²) in [7, 11) is 0. The molecule has 2 heterocycles. The van der Waals surface area contributed by atoms with Crippen molar-refractivity contribution in [3.63, 3.8) is 0 Å². The SMILES string of the molecule is Cc1cc(O)cc(-c2nn(CCC#N)cc2-c2ccnc(NC[C@@H](C)O)n2)c1. The van der Waals surface area contributed by atoms with Gasteiger partial charge in [-0.3, -0.25) is 4.68 Å². The van der Waals surface area contributed by atoms with E-state index in [0.29, 0.717) is 36.8 Å². The van der Waals surface area contributed by atoms with E-state index in [1.54, 1.807) is 36.0 Å². The molecule has 0 spiro atoms. The third-order valence-electron chi connectivity index (χ3n) is 4.04. The van der Waals surface area contributed by atoms with Crippen molar-refractivity contribution in [2.75, 3.05) is 11.9 Å². The molecule has 1 atom stereocenters. The number of hydrogen-bond donors (Lipinski definition) is 3. The average molecular weight is 378 g/mol. The van der Waals surface area contributed by atoms with E-state index in [2.05, 4.69) is 26.5 Å². The van der Waals surface area contributed by atoms with Gasteiger partial charge in [0.1, 0.15) is 11.4 Å². The number of anilines is 1. The predicted octanol–water partition coefficient (Wildman–Crippen LogP) is 2.73. The molecule has 3 N–H and O–H groups in total. The van der Waals surface area contributed by atoms with Crippen molar-refractivity contribution >= 4 is 5.95 Å². The topological polar surface area (TPSA) is 120 Å². The molecule has 8 nitrogen and oxygen atoms in total. The first kappa shape index (κ1) is 19.3. The van der Waals surface area contributed by atoms with Crippen molar-refractivity contribution < 1.29 is 10.2 Å². The highest BCUT2D eigenvalue weighted by Crippen LogP contribution is 2.32. The number of phenols is 1. The largest absolute Gasteiger partial charge is 0.508 e. The van der Waals surface area contributed by atoms with Crippen LogP contribution in [0.15, 0.2) is 36.7 Å². The third kappa shape index (κ3) is 4.64. The van der Waals surface area contributed by atoms with Gasteiger partial charge in [-0.25, -0.2) is 9.97 Å². The van der Waals surface area contributed by atoms with Crippen LogP contribution in [0.1, 0.15) is 18.9 Å². The molecule has 0 aliphatic carbocycles. The molecule has 0 fully saturated rings. The van der Waals surface area contributed by atoms with Crippen LogP contribution in [-0.4, -0.2) is 42.6 Å². The number of aromatic hydroxyl groups is 1. The Kier molecular flexibility index (Phi) is 5.87. The number of phenolic OH excluding ortho intramolecular Hbond substituents is 1. The second-order valence-electron chi connectivity index (χ2n) is 6.62. The number of nitriles is 1. The van der Waals surface area contributed by atoms with Gasteiger partial charge in [-0.05, 0) is 43.7 Å². The number of aliphatic hydroxyl groups excluding tert-OH is 1. The zero-order valence-electron chi connectivity index (χ0n) is 15.8. The number of benzene rings is 1. The molecule has 3 aromatic rings. The molecule has 0 aliphatic rings. The average Bonchev–Trinajstić information content (AvgIpc) is 3.08. The molecule has 2 aromatic heterocycles. The van der Waals surface area contributed by atoms with Crippen LogP contribution >= 0.6 is 0 Å². The number of rotatable bonds is 7. The van der Waals surface area contributed by atoms with E-state index in [-0.39, 0.29) is 5.75 Å².